The molecule has 2 aromatic heterocycles. The molecule has 0 aliphatic heterocycles. The highest BCUT2D eigenvalue weighted by Crippen LogP contribution is 2.19. The van der Waals surface area contributed by atoms with Gasteiger partial charge in [0, 0.05) is 29.7 Å². The first kappa shape index (κ1) is 17.6. The Labute approximate surface area is 151 Å². The number of aromatic nitrogens is 4. The zero-order chi connectivity index (χ0) is 18.5. The van der Waals surface area contributed by atoms with E-state index in [1.807, 2.05) is 13.0 Å². The first-order chi connectivity index (χ1) is 12.5. The summed E-state index contributed by atoms with van der Waals surface area (Å²) in [6, 6.07) is 7.59. The predicted molar refractivity (Wildman–Crippen MR) is 92.8 cm³/mol. The van der Waals surface area contributed by atoms with E-state index in [2.05, 4.69) is 20.6 Å². The van der Waals surface area contributed by atoms with Crippen molar-refractivity contribution in [3.63, 3.8) is 0 Å². The van der Waals surface area contributed by atoms with Crippen molar-refractivity contribution in [3.8, 4) is 0 Å². The fourth-order valence-corrected chi connectivity index (χ4v) is 2.65. The van der Waals surface area contributed by atoms with E-state index in [1.165, 1.54) is 18.2 Å². The maximum atomic E-state index is 12.0. The summed E-state index contributed by atoms with van der Waals surface area (Å²) in [4.78, 5) is 22.2. The molecule has 0 radical (unpaired) electrons. The van der Waals surface area contributed by atoms with Gasteiger partial charge in [-0.1, -0.05) is 17.8 Å². The first-order valence-electron chi connectivity index (χ1n) is 7.49. The van der Waals surface area contributed by atoms with E-state index in [1.54, 1.807) is 16.9 Å². The van der Waals surface area contributed by atoms with Crippen molar-refractivity contribution in [2.45, 2.75) is 18.7 Å². The number of rotatable bonds is 7. The van der Waals surface area contributed by atoms with Crippen molar-refractivity contribution >= 4 is 29.0 Å². The van der Waals surface area contributed by atoms with Gasteiger partial charge in [-0.25, -0.2) is 0 Å². The number of carbonyl (C=O) groups is 1. The number of hydrogen-bond donors (Lipinski definition) is 1. The summed E-state index contributed by atoms with van der Waals surface area (Å²) in [5, 5.41) is 25.5. The van der Waals surface area contributed by atoms with Gasteiger partial charge in [0.2, 0.25) is 11.8 Å². The Bertz CT molecular complexity index is 938. The molecular weight excluding hydrogens is 360 g/mol. The monoisotopic (exact) mass is 374 g/mol. The topological polar surface area (TPSA) is 129 Å². The van der Waals surface area contributed by atoms with E-state index in [4.69, 9.17) is 4.42 Å². The van der Waals surface area contributed by atoms with Crippen LogP contribution in [0.3, 0.4) is 0 Å². The SMILES string of the molecule is Cc1ccnn1Cc1nnc(SCC(=O)Nc2cccc([N+](=O)[O-])c2)o1. The molecule has 0 unspecified atom stereocenters. The molecule has 26 heavy (non-hydrogen) atoms. The number of nitrogens with zero attached hydrogens (tertiary/aromatic N) is 5. The molecule has 0 fully saturated rings. The lowest BCUT2D eigenvalue weighted by Crippen LogP contribution is -2.14. The summed E-state index contributed by atoms with van der Waals surface area (Å²) < 4.78 is 7.19. The van der Waals surface area contributed by atoms with Gasteiger partial charge in [0.15, 0.2) is 0 Å². The molecule has 11 heteroatoms. The lowest BCUT2D eigenvalue weighted by atomic mass is 10.3. The smallest absolute Gasteiger partial charge is 0.277 e. The number of carbonyl (C=O) groups excluding carboxylic acids is 1. The number of anilines is 1. The molecule has 134 valence electrons. The van der Waals surface area contributed by atoms with E-state index in [0.717, 1.165) is 17.5 Å². The molecule has 0 bridgehead atoms. The number of nitro groups is 1. The zero-order valence-corrected chi connectivity index (χ0v) is 14.5. The van der Waals surface area contributed by atoms with Gasteiger partial charge < -0.3 is 9.73 Å². The van der Waals surface area contributed by atoms with Crippen LogP contribution in [0.1, 0.15) is 11.6 Å². The molecule has 0 saturated carbocycles. The van der Waals surface area contributed by atoms with Crippen LogP contribution in [0.2, 0.25) is 0 Å². The van der Waals surface area contributed by atoms with Gasteiger partial charge in [0.25, 0.3) is 10.9 Å². The normalized spacial score (nSPS) is 10.7. The standard InChI is InChI=1S/C15H14N6O4S/c1-10-5-6-16-20(10)8-14-18-19-15(25-14)26-9-13(22)17-11-3-2-4-12(7-11)21(23)24/h2-7H,8-9H2,1H3,(H,17,22). The molecule has 0 spiro atoms. The Hall–Kier alpha value is -3.21. The highest BCUT2D eigenvalue weighted by Gasteiger charge is 2.12. The van der Waals surface area contributed by atoms with Crippen LogP contribution in [-0.2, 0) is 11.3 Å². The summed E-state index contributed by atoms with van der Waals surface area (Å²) >= 11 is 1.08. The third kappa shape index (κ3) is 4.45. The van der Waals surface area contributed by atoms with Gasteiger partial charge in [-0.3, -0.25) is 19.6 Å². The maximum Gasteiger partial charge on any atom is 0.277 e. The average molecular weight is 374 g/mol. The molecule has 3 aromatic rings. The Morgan fingerprint density at radius 2 is 2.23 bits per heavy atom. The van der Waals surface area contributed by atoms with Crippen molar-refractivity contribution in [2.75, 3.05) is 11.1 Å². The number of non-ortho nitro benzene ring substituents is 1. The molecule has 1 amide bonds. The number of amides is 1. The molecule has 2 heterocycles. The number of benzene rings is 1. The largest absolute Gasteiger partial charge is 0.414 e. The Balaban J connectivity index is 1.53. The van der Waals surface area contributed by atoms with Crippen LogP contribution in [0.4, 0.5) is 11.4 Å². The minimum Gasteiger partial charge on any atom is -0.414 e. The van der Waals surface area contributed by atoms with Crippen LogP contribution in [0, 0.1) is 17.0 Å². The van der Waals surface area contributed by atoms with Gasteiger partial charge in [-0.2, -0.15) is 5.10 Å². The van der Waals surface area contributed by atoms with Crippen LogP contribution >= 0.6 is 11.8 Å². The van der Waals surface area contributed by atoms with E-state index in [0.29, 0.717) is 18.1 Å². The van der Waals surface area contributed by atoms with Crippen molar-refractivity contribution in [1.82, 2.24) is 20.0 Å². The van der Waals surface area contributed by atoms with Crippen molar-refractivity contribution in [1.29, 1.82) is 0 Å². The molecule has 3 rings (SSSR count). The maximum absolute atomic E-state index is 12.0. The van der Waals surface area contributed by atoms with Gasteiger partial charge in [0.1, 0.15) is 6.54 Å². The van der Waals surface area contributed by atoms with Crippen molar-refractivity contribution in [2.24, 2.45) is 0 Å². The second-order valence-corrected chi connectivity index (χ2v) is 6.16. The third-order valence-electron chi connectivity index (χ3n) is 3.33. The molecule has 10 nitrogen and oxygen atoms in total. The van der Waals surface area contributed by atoms with Crippen LogP contribution < -0.4 is 5.32 Å². The molecular formula is C15H14N6O4S. The average Bonchev–Trinajstić information content (AvgIpc) is 3.23. The van der Waals surface area contributed by atoms with E-state index < -0.39 is 4.92 Å². The van der Waals surface area contributed by atoms with Crippen LogP contribution in [0.25, 0.3) is 0 Å². The fourth-order valence-electron chi connectivity index (χ4n) is 2.07. The quantitative estimate of drug-likeness (QED) is 0.379. The lowest BCUT2D eigenvalue weighted by molar-refractivity contribution is -0.384. The number of hydrogen-bond acceptors (Lipinski definition) is 8. The molecule has 0 atom stereocenters. The molecule has 1 aromatic carbocycles. The summed E-state index contributed by atoms with van der Waals surface area (Å²) in [7, 11) is 0. The van der Waals surface area contributed by atoms with E-state index >= 15 is 0 Å². The van der Waals surface area contributed by atoms with Crippen molar-refractivity contribution < 1.29 is 14.1 Å². The molecule has 1 N–H and O–H groups in total. The van der Waals surface area contributed by atoms with Crippen LogP contribution in [0.5, 0.6) is 0 Å². The van der Waals surface area contributed by atoms with Crippen molar-refractivity contribution in [3.05, 3.63) is 58.2 Å². The van der Waals surface area contributed by atoms with Gasteiger partial charge in [-0.15, -0.1) is 10.2 Å². The Morgan fingerprint density at radius 1 is 1.38 bits per heavy atom. The number of nitrogens with one attached hydrogen (secondary N) is 1. The fraction of sp³-hybridized carbons (Fsp3) is 0.200. The summed E-state index contributed by atoms with van der Waals surface area (Å²) in [6.07, 6.45) is 1.68. The van der Waals surface area contributed by atoms with Crippen LogP contribution in [0.15, 0.2) is 46.2 Å². The first-order valence-corrected chi connectivity index (χ1v) is 8.48. The lowest BCUT2D eigenvalue weighted by Gasteiger charge is -2.03. The molecule has 0 saturated heterocycles. The minimum atomic E-state index is -0.522. The highest BCUT2D eigenvalue weighted by molar-refractivity contribution is 7.99. The van der Waals surface area contributed by atoms with Gasteiger partial charge in [-0.05, 0) is 19.1 Å². The summed E-state index contributed by atoms with van der Waals surface area (Å²) in [6.45, 7) is 2.27. The Morgan fingerprint density at radius 3 is 2.96 bits per heavy atom. The van der Waals surface area contributed by atoms with Crippen LogP contribution in [-0.4, -0.2) is 36.6 Å². The minimum absolute atomic E-state index is 0.0329. The van der Waals surface area contributed by atoms with Gasteiger partial charge in [0.05, 0.1) is 10.7 Å². The molecule has 0 aliphatic rings. The zero-order valence-electron chi connectivity index (χ0n) is 13.7. The second-order valence-electron chi connectivity index (χ2n) is 5.24. The third-order valence-corrected chi connectivity index (χ3v) is 4.15. The summed E-state index contributed by atoms with van der Waals surface area (Å²) in [5.74, 6) is 0.0852. The Kier molecular flexibility index (Phi) is 5.27. The number of aryl methyl sites for hydroxylation is 1. The molecule has 0 aliphatic carbocycles. The number of thioether (sulfide) groups is 1. The highest BCUT2D eigenvalue weighted by atomic mass is 32.2. The second kappa shape index (κ2) is 7.78. The number of nitro benzene ring substituents is 1. The van der Waals surface area contributed by atoms with E-state index in [-0.39, 0.29) is 22.6 Å². The predicted octanol–water partition coefficient (Wildman–Crippen LogP) is 2.26. The van der Waals surface area contributed by atoms with E-state index in [9.17, 15) is 14.9 Å². The van der Waals surface area contributed by atoms with Gasteiger partial charge >= 0.3 is 0 Å². The summed E-state index contributed by atoms with van der Waals surface area (Å²) in [5.41, 5.74) is 1.23.